The van der Waals surface area contributed by atoms with Crippen LogP contribution in [0.15, 0.2) is 18.2 Å². The van der Waals surface area contributed by atoms with E-state index in [1.807, 2.05) is 0 Å². The standard InChI is InChI=1S/C19H31NO/c1-5-7-8-12-19(11-6-2)14-20(15-19)17-9-10-18(21-4)16(3)13-17/h9-10,13H,5-8,11-12,14-15H2,1-4H3. The van der Waals surface area contributed by atoms with Crippen molar-refractivity contribution in [3.63, 3.8) is 0 Å². The van der Waals surface area contributed by atoms with Crippen LogP contribution in [0.1, 0.15) is 57.9 Å². The molecule has 2 nitrogen and oxygen atoms in total. The Kier molecular flexibility index (Phi) is 5.55. The summed E-state index contributed by atoms with van der Waals surface area (Å²) >= 11 is 0. The molecule has 1 aliphatic rings. The number of rotatable bonds is 8. The van der Waals surface area contributed by atoms with Gasteiger partial charge in [0.25, 0.3) is 0 Å². The molecule has 1 aliphatic heterocycles. The van der Waals surface area contributed by atoms with Gasteiger partial charge in [-0.15, -0.1) is 0 Å². The molecule has 21 heavy (non-hydrogen) atoms. The second-order valence-corrected chi connectivity index (χ2v) is 6.72. The summed E-state index contributed by atoms with van der Waals surface area (Å²) < 4.78 is 5.36. The van der Waals surface area contributed by atoms with Crippen molar-refractivity contribution in [1.82, 2.24) is 0 Å². The van der Waals surface area contributed by atoms with Crippen molar-refractivity contribution < 1.29 is 4.74 Å². The molecule has 0 spiro atoms. The Morgan fingerprint density at radius 2 is 1.86 bits per heavy atom. The van der Waals surface area contributed by atoms with Crippen molar-refractivity contribution in [2.75, 3.05) is 25.1 Å². The van der Waals surface area contributed by atoms with Gasteiger partial charge < -0.3 is 9.64 Å². The van der Waals surface area contributed by atoms with Crippen molar-refractivity contribution in [3.8, 4) is 5.75 Å². The van der Waals surface area contributed by atoms with E-state index in [1.54, 1.807) is 7.11 Å². The Morgan fingerprint density at radius 3 is 2.43 bits per heavy atom. The molecule has 0 saturated carbocycles. The second kappa shape index (κ2) is 7.20. The van der Waals surface area contributed by atoms with Gasteiger partial charge in [0.2, 0.25) is 0 Å². The van der Waals surface area contributed by atoms with Gasteiger partial charge in [-0.1, -0.05) is 39.5 Å². The maximum Gasteiger partial charge on any atom is 0.121 e. The van der Waals surface area contributed by atoms with Gasteiger partial charge in [-0.05, 0) is 43.5 Å². The van der Waals surface area contributed by atoms with Crippen molar-refractivity contribution in [2.24, 2.45) is 5.41 Å². The van der Waals surface area contributed by atoms with Gasteiger partial charge in [-0.2, -0.15) is 0 Å². The molecule has 2 heteroatoms. The van der Waals surface area contributed by atoms with E-state index < -0.39 is 0 Å². The van der Waals surface area contributed by atoms with Gasteiger partial charge in [0.15, 0.2) is 0 Å². The highest BCUT2D eigenvalue weighted by molar-refractivity contribution is 5.55. The molecule has 1 heterocycles. The van der Waals surface area contributed by atoms with E-state index in [4.69, 9.17) is 4.74 Å². The van der Waals surface area contributed by atoms with Crippen LogP contribution in [0.3, 0.4) is 0 Å². The zero-order valence-electron chi connectivity index (χ0n) is 14.2. The molecule has 0 N–H and O–H groups in total. The van der Waals surface area contributed by atoms with E-state index in [0.717, 1.165) is 5.75 Å². The summed E-state index contributed by atoms with van der Waals surface area (Å²) in [6.07, 6.45) is 8.19. The van der Waals surface area contributed by atoms with Crippen LogP contribution in [0.2, 0.25) is 0 Å². The fourth-order valence-electron chi connectivity index (χ4n) is 3.73. The van der Waals surface area contributed by atoms with Crippen LogP contribution in [0.25, 0.3) is 0 Å². The van der Waals surface area contributed by atoms with E-state index in [1.165, 1.54) is 62.9 Å². The molecule has 118 valence electrons. The number of ether oxygens (including phenoxy) is 1. The minimum Gasteiger partial charge on any atom is -0.496 e. The molecule has 0 aromatic heterocycles. The number of hydrogen-bond donors (Lipinski definition) is 0. The quantitative estimate of drug-likeness (QED) is 0.611. The number of aryl methyl sites for hydroxylation is 1. The van der Waals surface area contributed by atoms with Crippen LogP contribution in [0, 0.1) is 12.3 Å². The molecule has 1 saturated heterocycles. The third-order valence-corrected chi connectivity index (χ3v) is 4.89. The predicted octanol–water partition coefficient (Wildman–Crippen LogP) is 5.19. The summed E-state index contributed by atoms with van der Waals surface area (Å²) in [5.74, 6) is 0.988. The van der Waals surface area contributed by atoms with Gasteiger partial charge in [0, 0.05) is 24.2 Å². The molecular weight excluding hydrogens is 258 g/mol. The van der Waals surface area contributed by atoms with Crippen molar-refractivity contribution in [1.29, 1.82) is 0 Å². The van der Waals surface area contributed by atoms with Crippen LogP contribution in [0.4, 0.5) is 5.69 Å². The Hall–Kier alpha value is -1.18. The largest absolute Gasteiger partial charge is 0.496 e. The van der Waals surface area contributed by atoms with Crippen LogP contribution >= 0.6 is 0 Å². The Labute approximate surface area is 130 Å². The smallest absolute Gasteiger partial charge is 0.121 e. The molecule has 0 aliphatic carbocycles. The van der Waals surface area contributed by atoms with Crippen LogP contribution in [-0.2, 0) is 0 Å². The normalized spacial score (nSPS) is 16.7. The first-order valence-electron chi connectivity index (χ1n) is 8.53. The fourth-order valence-corrected chi connectivity index (χ4v) is 3.73. The zero-order valence-corrected chi connectivity index (χ0v) is 14.2. The molecule has 1 aromatic carbocycles. The van der Waals surface area contributed by atoms with Crippen molar-refractivity contribution >= 4 is 5.69 Å². The number of unbranched alkanes of at least 4 members (excludes halogenated alkanes) is 2. The molecule has 1 aromatic rings. The average Bonchev–Trinajstić information content (AvgIpc) is 2.44. The highest BCUT2D eigenvalue weighted by Crippen LogP contribution is 2.43. The average molecular weight is 289 g/mol. The highest BCUT2D eigenvalue weighted by Gasteiger charge is 2.41. The summed E-state index contributed by atoms with van der Waals surface area (Å²) in [6, 6.07) is 6.57. The molecule has 0 unspecified atom stereocenters. The molecule has 0 atom stereocenters. The molecule has 0 bridgehead atoms. The monoisotopic (exact) mass is 289 g/mol. The molecule has 1 fully saturated rings. The minimum atomic E-state index is 0.581. The maximum atomic E-state index is 5.36. The molecule has 0 radical (unpaired) electrons. The van der Waals surface area contributed by atoms with E-state index in [-0.39, 0.29) is 0 Å². The number of anilines is 1. The van der Waals surface area contributed by atoms with Gasteiger partial charge >= 0.3 is 0 Å². The Morgan fingerprint density at radius 1 is 1.10 bits per heavy atom. The summed E-state index contributed by atoms with van der Waals surface area (Å²) in [5, 5.41) is 0. The van der Waals surface area contributed by atoms with E-state index in [0.29, 0.717) is 5.41 Å². The van der Waals surface area contributed by atoms with Gasteiger partial charge in [0.05, 0.1) is 7.11 Å². The zero-order chi connectivity index (χ0) is 15.3. The lowest BCUT2D eigenvalue weighted by Crippen LogP contribution is -2.56. The number of methoxy groups -OCH3 is 1. The van der Waals surface area contributed by atoms with Gasteiger partial charge in [0.1, 0.15) is 5.75 Å². The molecule has 2 rings (SSSR count). The van der Waals surface area contributed by atoms with E-state index >= 15 is 0 Å². The first kappa shape index (κ1) is 16.2. The lowest BCUT2D eigenvalue weighted by molar-refractivity contribution is 0.169. The fraction of sp³-hybridized carbons (Fsp3) is 0.684. The van der Waals surface area contributed by atoms with Crippen molar-refractivity contribution in [2.45, 2.75) is 59.3 Å². The number of nitrogens with zero attached hydrogens (tertiary/aromatic N) is 1. The minimum absolute atomic E-state index is 0.581. The number of benzene rings is 1. The number of hydrogen-bond acceptors (Lipinski definition) is 2. The topological polar surface area (TPSA) is 12.5 Å². The maximum absolute atomic E-state index is 5.36. The summed E-state index contributed by atoms with van der Waals surface area (Å²) in [7, 11) is 1.74. The first-order valence-corrected chi connectivity index (χ1v) is 8.53. The van der Waals surface area contributed by atoms with E-state index in [2.05, 4.69) is 43.9 Å². The summed E-state index contributed by atoms with van der Waals surface area (Å²) in [6.45, 7) is 9.21. The molecular formula is C19H31NO. The van der Waals surface area contributed by atoms with Crippen LogP contribution < -0.4 is 9.64 Å². The van der Waals surface area contributed by atoms with Crippen molar-refractivity contribution in [3.05, 3.63) is 23.8 Å². The summed E-state index contributed by atoms with van der Waals surface area (Å²) in [4.78, 5) is 2.54. The highest BCUT2D eigenvalue weighted by atomic mass is 16.5. The summed E-state index contributed by atoms with van der Waals surface area (Å²) in [5.41, 5.74) is 3.17. The predicted molar refractivity (Wildman–Crippen MR) is 91.4 cm³/mol. The lowest BCUT2D eigenvalue weighted by Gasteiger charge is -2.52. The second-order valence-electron chi connectivity index (χ2n) is 6.72. The molecule has 0 amide bonds. The third-order valence-electron chi connectivity index (χ3n) is 4.89. The first-order chi connectivity index (χ1) is 10.1. The van der Waals surface area contributed by atoms with Gasteiger partial charge in [-0.25, -0.2) is 0 Å². The van der Waals surface area contributed by atoms with Crippen LogP contribution in [-0.4, -0.2) is 20.2 Å². The van der Waals surface area contributed by atoms with E-state index in [9.17, 15) is 0 Å². The lowest BCUT2D eigenvalue weighted by atomic mass is 9.72. The SMILES string of the molecule is CCCCCC1(CCC)CN(c2ccc(OC)c(C)c2)C1. The third kappa shape index (κ3) is 3.72. The Balaban J connectivity index is 1.97. The van der Waals surface area contributed by atoms with Gasteiger partial charge in [-0.3, -0.25) is 0 Å². The van der Waals surface area contributed by atoms with Crippen LogP contribution in [0.5, 0.6) is 5.75 Å². The Bertz CT molecular complexity index is 449.